The van der Waals surface area contributed by atoms with Crippen molar-refractivity contribution in [1.29, 1.82) is 0 Å². The van der Waals surface area contributed by atoms with Gasteiger partial charge in [0.05, 0.1) is 24.2 Å². The van der Waals surface area contributed by atoms with Gasteiger partial charge >= 0.3 is 0 Å². The summed E-state index contributed by atoms with van der Waals surface area (Å²) in [7, 11) is 1.61. The third kappa shape index (κ3) is 5.02. The van der Waals surface area contributed by atoms with Gasteiger partial charge in [0.2, 0.25) is 17.7 Å². The van der Waals surface area contributed by atoms with Crippen LogP contribution in [-0.4, -0.2) is 53.9 Å². The smallest absolute Gasteiger partial charge is 0.244 e. The number of carbonyl (C=O) groups is 3. The lowest BCUT2D eigenvalue weighted by Crippen LogP contribution is -2.39. The zero-order valence-electron chi connectivity index (χ0n) is 17.5. The fourth-order valence-electron chi connectivity index (χ4n) is 3.73. The minimum atomic E-state index is -0.431. The molecule has 7 heteroatoms. The maximum absolute atomic E-state index is 12.9. The summed E-state index contributed by atoms with van der Waals surface area (Å²) in [6.07, 6.45) is 2.12. The molecule has 0 bridgehead atoms. The molecule has 0 aromatic heterocycles. The van der Waals surface area contributed by atoms with E-state index in [-0.39, 0.29) is 36.7 Å². The van der Waals surface area contributed by atoms with Gasteiger partial charge in [-0.25, -0.2) is 0 Å². The number of likely N-dealkylation sites (N-methyl/N-ethyl adjacent to an activating group) is 1. The minimum absolute atomic E-state index is 0.0311. The molecule has 1 aliphatic rings. The van der Waals surface area contributed by atoms with Crippen molar-refractivity contribution in [3.8, 4) is 0 Å². The average Bonchev–Trinajstić information content (AvgIpc) is 3.15. The molecule has 2 atom stereocenters. The van der Waals surface area contributed by atoms with Crippen molar-refractivity contribution in [2.24, 2.45) is 5.92 Å². The number of hydrogen-bond acceptors (Lipinski definition) is 4. The van der Waals surface area contributed by atoms with E-state index in [0.717, 1.165) is 16.1 Å². The second kappa shape index (κ2) is 9.80. The lowest BCUT2D eigenvalue weighted by atomic mass is 10.1. The molecule has 1 N–H and O–H groups in total. The SMILES string of the molecule is CSc1ccccc1NC(=O)CN(C)C(=O)[C@H]1CC(=O)N([C@@H](C)c2ccccc2)C1. The van der Waals surface area contributed by atoms with E-state index in [1.54, 1.807) is 23.7 Å². The van der Waals surface area contributed by atoms with Crippen molar-refractivity contribution < 1.29 is 14.4 Å². The first-order chi connectivity index (χ1) is 14.4. The van der Waals surface area contributed by atoms with E-state index < -0.39 is 5.92 Å². The fourth-order valence-corrected chi connectivity index (χ4v) is 4.28. The number of likely N-dealkylation sites (tertiary alicyclic amines) is 1. The second-order valence-electron chi connectivity index (χ2n) is 7.48. The van der Waals surface area contributed by atoms with Crippen LogP contribution in [0.15, 0.2) is 59.5 Å². The number of rotatable bonds is 7. The summed E-state index contributed by atoms with van der Waals surface area (Å²) in [5.74, 6) is -0.901. The Morgan fingerprint density at radius 2 is 1.83 bits per heavy atom. The summed E-state index contributed by atoms with van der Waals surface area (Å²) in [6, 6.07) is 17.2. The van der Waals surface area contributed by atoms with Gasteiger partial charge in [0.25, 0.3) is 0 Å². The number of anilines is 1. The second-order valence-corrected chi connectivity index (χ2v) is 8.32. The Morgan fingerprint density at radius 1 is 1.17 bits per heavy atom. The zero-order valence-corrected chi connectivity index (χ0v) is 18.3. The third-order valence-corrected chi connectivity index (χ3v) is 6.19. The molecule has 158 valence electrons. The van der Waals surface area contributed by atoms with Gasteiger partial charge in [0.15, 0.2) is 0 Å². The predicted octanol–water partition coefficient (Wildman–Crippen LogP) is 3.42. The van der Waals surface area contributed by atoms with Gasteiger partial charge in [0.1, 0.15) is 0 Å². The maximum atomic E-state index is 12.9. The molecule has 0 aliphatic carbocycles. The fraction of sp³-hybridized carbons (Fsp3) is 0.348. The summed E-state index contributed by atoms with van der Waals surface area (Å²) in [5, 5.41) is 2.86. The highest BCUT2D eigenvalue weighted by atomic mass is 32.2. The molecule has 30 heavy (non-hydrogen) atoms. The Labute approximate surface area is 181 Å². The number of nitrogens with zero attached hydrogens (tertiary/aromatic N) is 2. The first-order valence-corrected chi connectivity index (χ1v) is 11.2. The molecule has 0 radical (unpaired) electrons. The highest BCUT2D eigenvalue weighted by Crippen LogP contribution is 2.29. The van der Waals surface area contributed by atoms with Crippen LogP contribution in [0.2, 0.25) is 0 Å². The van der Waals surface area contributed by atoms with Gasteiger partial charge in [-0.3, -0.25) is 14.4 Å². The lowest BCUT2D eigenvalue weighted by Gasteiger charge is -2.26. The van der Waals surface area contributed by atoms with Crippen LogP contribution in [0.4, 0.5) is 5.69 Å². The van der Waals surface area contributed by atoms with Gasteiger partial charge in [-0.05, 0) is 30.9 Å². The maximum Gasteiger partial charge on any atom is 0.244 e. The monoisotopic (exact) mass is 425 g/mol. The lowest BCUT2D eigenvalue weighted by molar-refractivity contribution is -0.137. The van der Waals surface area contributed by atoms with Gasteiger partial charge in [-0.1, -0.05) is 42.5 Å². The molecule has 1 heterocycles. The largest absolute Gasteiger partial charge is 0.336 e. The number of nitrogens with one attached hydrogen (secondary N) is 1. The number of carbonyl (C=O) groups excluding carboxylic acids is 3. The number of amides is 3. The summed E-state index contributed by atoms with van der Waals surface area (Å²) >= 11 is 1.55. The van der Waals surface area contributed by atoms with E-state index >= 15 is 0 Å². The number of para-hydroxylation sites is 1. The quantitative estimate of drug-likeness (QED) is 0.690. The van der Waals surface area contributed by atoms with Gasteiger partial charge in [-0.2, -0.15) is 0 Å². The van der Waals surface area contributed by atoms with Crippen LogP contribution in [0, 0.1) is 5.92 Å². The molecule has 0 saturated carbocycles. The molecule has 6 nitrogen and oxygen atoms in total. The minimum Gasteiger partial charge on any atom is -0.336 e. The molecule has 3 amide bonds. The van der Waals surface area contributed by atoms with E-state index in [4.69, 9.17) is 0 Å². The van der Waals surface area contributed by atoms with E-state index in [1.165, 1.54) is 4.90 Å². The molecule has 0 spiro atoms. The Morgan fingerprint density at radius 3 is 2.53 bits per heavy atom. The van der Waals surface area contributed by atoms with Gasteiger partial charge in [0, 0.05) is 24.9 Å². The van der Waals surface area contributed by atoms with Crippen molar-refractivity contribution in [3.05, 3.63) is 60.2 Å². The first-order valence-electron chi connectivity index (χ1n) is 9.93. The molecule has 2 aromatic rings. The summed E-state index contributed by atoms with van der Waals surface area (Å²) in [5.41, 5.74) is 1.77. The number of hydrogen-bond donors (Lipinski definition) is 1. The predicted molar refractivity (Wildman–Crippen MR) is 119 cm³/mol. The topological polar surface area (TPSA) is 69.7 Å². The third-order valence-electron chi connectivity index (χ3n) is 5.40. The zero-order chi connectivity index (χ0) is 21.7. The van der Waals surface area contributed by atoms with Crippen molar-refractivity contribution in [2.75, 3.05) is 31.7 Å². The standard InChI is InChI=1S/C23H27N3O3S/c1-16(17-9-5-4-6-10-17)26-14-18(13-22(26)28)23(29)25(2)15-21(27)24-19-11-7-8-12-20(19)30-3/h4-12,16,18H,13-15H2,1-3H3,(H,24,27)/t16-,18-/m0/s1. The van der Waals surface area contributed by atoms with Crippen LogP contribution >= 0.6 is 11.8 Å². The van der Waals surface area contributed by atoms with Crippen LogP contribution < -0.4 is 5.32 Å². The van der Waals surface area contributed by atoms with Crippen molar-refractivity contribution in [3.63, 3.8) is 0 Å². The highest BCUT2D eigenvalue weighted by Gasteiger charge is 2.38. The van der Waals surface area contributed by atoms with E-state index in [9.17, 15) is 14.4 Å². The molecule has 1 fully saturated rings. The number of benzene rings is 2. The summed E-state index contributed by atoms with van der Waals surface area (Å²) in [6.45, 7) is 2.29. The Balaban J connectivity index is 1.58. The number of thioether (sulfide) groups is 1. The van der Waals surface area contributed by atoms with Gasteiger partial charge < -0.3 is 15.1 Å². The van der Waals surface area contributed by atoms with Crippen LogP contribution in [-0.2, 0) is 14.4 Å². The first kappa shape index (κ1) is 21.9. The summed E-state index contributed by atoms with van der Waals surface area (Å²) < 4.78 is 0. The Hall–Kier alpha value is -2.80. The Kier molecular flexibility index (Phi) is 7.15. The van der Waals surface area contributed by atoms with Crippen molar-refractivity contribution in [2.45, 2.75) is 24.3 Å². The molecule has 1 saturated heterocycles. The van der Waals surface area contributed by atoms with Gasteiger partial charge in [-0.15, -0.1) is 11.8 Å². The molecule has 0 unspecified atom stereocenters. The molecule has 2 aromatic carbocycles. The van der Waals surface area contributed by atoms with E-state index in [0.29, 0.717) is 6.54 Å². The van der Waals surface area contributed by atoms with Crippen LogP contribution in [0.25, 0.3) is 0 Å². The Bertz CT molecular complexity index is 919. The molecular formula is C23H27N3O3S. The molecule has 1 aliphatic heterocycles. The van der Waals surface area contributed by atoms with E-state index in [2.05, 4.69) is 5.32 Å². The van der Waals surface area contributed by atoms with Crippen LogP contribution in [0.5, 0.6) is 0 Å². The molecular weight excluding hydrogens is 398 g/mol. The van der Waals surface area contributed by atoms with Crippen molar-refractivity contribution >= 4 is 35.2 Å². The summed E-state index contributed by atoms with van der Waals surface area (Å²) in [4.78, 5) is 42.0. The van der Waals surface area contributed by atoms with Crippen molar-refractivity contribution in [1.82, 2.24) is 9.80 Å². The average molecular weight is 426 g/mol. The molecule has 3 rings (SSSR count). The highest BCUT2D eigenvalue weighted by molar-refractivity contribution is 7.98. The van der Waals surface area contributed by atoms with Crippen LogP contribution in [0.3, 0.4) is 0 Å². The van der Waals surface area contributed by atoms with E-state index in [1.807, 2.05) is 67.8 Å². The normalized spacial score (nSPS) is 17.0. The van der Waals surface area contributed by atoms with Crippen LogP contribution in [0.1, 0.15) is 24.9 Å².